The van der Waals surface area contributed by atoms with Crippen molar-refractivity contribution in [1.82, 2.24) is 19.8 Å². The summed E-state index contributed by atoms with van der Waals surface area (Å²) in [6.45, 7) is 7.50. The first-order valence-corrected chi connectivity index (χ1v) is 10.1. The lowest BCUT2D eigenvalue weighted by Crippen LogP contribution is -2.38. The molecular formula is C20H27F3N4O4. The molecule has 0 radical (unpaired) electrons. The lowest BCUT2D eigenvalue weighted by atomic mass is 9.99. The molecule has 0 saturated heterocycles. The third kappa shape index (κ3) is 5.85. The van der Waals surface area contributed by atoms with Crippen molar-refractivity contribution < 1.29 is 32.3 Å². The second-order valence-corrected chi connectivity index (χ2v) is 8.00. The van der Waals surface area contributed by atoms with Crippen molar-refractivity contribution in [3.05, 3.63) is 34.5 Å². The van der Waals surface area contributed by atoms with Gasteiger partial charge in [0.05, 0.1) is 30.2 Å². The molecule has 1 atom stereocenters. The van der Waals surface area contributed by atoms with Crippen LogP contribution in [0.3, 0.4) is 0 Å². The largest absolute Gasteiger partial charge is 0.490 e. The Labute approximate surface area is 177 Å². The lowest BCUT2D eigenvalue weighted by Gasteiger charge is -2.36. The van der Waals surface area contributed by atoms with Gasteiger partial charge in [0, 0.05) is 32.3 Å². The summed E-state index contributed by atoms with van der Waals surface area (Å²) in [5, 5.41) is 15.7. The molecule has 0 bridgehead atoms. The van der Waals surface area contributed by atoms with Gasteiger partial charge in [-0.1, -0.05) is 5.16 Å². The van der Waals surface area contributed by atoms with Gasteiger partial charge in [-0.15, -0.1) is 0 Å². The zero-order chi connectivity index (χ0) is 22.8. The van der Waals surface area contributed by atoms with Gasteiger partial charge in [-0.3, -0.25) is 9.58 Å². The summed E-state index contributed by atoms with van der Waals surface area (Å²) in [5.41, 5.74) is 4.84. The van der Waals surface area contributed by atoms with Crippen LogP contribution in [0.2, 0.25) is 0 Å². The fraction of sp³-hybridized carbons (Fsp3) is 0.650. The fourth-order valence-electron chi connectivity index (χ4n) is 3.64. The van der Waals surface area contributed by atoms with E-state index in [-0.39, 0.29) is 6.04 Å². The molecule has 4 rings (SSSR count). The number of alkyl halides is 3. The first-order valence-electron chi connectivity index (χ1n) is 10.1. The van der Waals surface area contributed by atoms with Crippen LogP contribution in [-0.4, -0.2) is 56.8 Å². The van der Waals surface area contributed by atoms with E-state index in [1.165, 1.54) is 29.7 Å². The molecule has 1 N–H and O–H groups in total. The van der Waals surface area contributed by atoms with Crippen molar-refractivity contribution in [3.63, 3.8) is 0 Å². The highest BCUT2D eigenvalue weighted by molar-refractivity contribution is 5.73. The van der Waals surface area contributed by atoms with Crippen molar-refractivity contribution in [2.45, 2.75) is 51.9 Å². The summed E-state index contributed by atoms with van der Waals surface area (Å²) < 4.78 is 45.2. The Kier molecular flexibility index (Phi) is 7.05. The summed E-state index contributed by atoms with van der Waals surface area (Å²) in [4.78, 5) is 11.4. The lowest BCUT2D eigenvalue weighted by molar-refractivity contribution is -0.192. The number of carbonyl (C=O) groups is 1. The van der Waals surface area contributed by atoms with Crippen LogP contribution in [0.15, 0.2) is 10.7 Å². The Morgan fingerprint density at radius 2 is 2.00 bits per heavy atom. The molecule has 1 fully saturated rings. The van der Waals surface area contributed by atoms with Gasteiger partial charge < -0.3 is 14.4 Å². The van der Waals surface area contributed by atoms with Gasteiger partial charge in [-0.25, -0.2) is 4.79 Å². The highest BCUT2D eigenvalue weighted by atomic mass is 19.4. The third-order valence-corrected chi connectivity index (χ3v) is 5.60. The smallest absolute Gasteiger partial charge is 0.475 e. The van der Waals surface area contributed by atoms with Gasteiger partial charge in [0.2, 0.25) is 0 Å². The third-order valence-electron chi connectivity index (χ3n) is 5.60. The number of hydrogen-bond acceptors (Lipinski definition) is 6. The quantitative estimate of drug-likeness (QED) is 0.731. The SMILES string of the molecule is Cc1noc(C)c1CN1CCc2cnn(C)c2C1COCC1CC1.O=C(O)C(F)(F)F. The van der Waals surface area contributed by atoms with E-state index in [9.17, 15) is 13.2 Å². The van der Waals surface area contributed by atoms with Crippen molar-refractivity contribution in [2.24, 2.45) is 13.0 Å². The van der Waals surface area contributed by atoms with E-state index in [4.69, 9.17) is 19.2 Å². The van der Waals surface area contributed by atoms with E-state index in [1.54, 1.807) is 0 Å². The predicted molar refractivity (Wildman–Crippen MR) is 103 cm³/mol. The molecular weight excluding hydrogens is 417 g/mol. The number of hydrogen-bond donors (Lipinski definition) is 1. The summed E-state index contributed by atoms with van der Waals surface area (Å²) in [6, 6.07) is 0.244. The topological polar surface area (TPSA) is 93.6 Å². The zero-order valence-corrected chi connectivity index (χ0v) is 17.8. The monoisotopic (exact) mass is 444 g/mol. The van der Waals surface area contributed by atoms with Crippen molar-refractivity contribution in [2.75, 3.05) is 19.8 Å². The van der Waals surface area contributed by atoms with Crippen molar-refractivity contribution in [1.29, 1.82) is 0 Å². The van der Waals surface area contributed by atoms with Crippen LogP contribution < -0.4 is 0 Å². The minimum absolute atomic E-state index is 0.244. The summed E-state index contributed by atoms with van der Waals surface area (Å²) in [7, 11) is 2.03. The Morgan fingerprint density at radius 3 is 2.55 bits per heavy atom. The summed E-state index contributed by atoms with van der Waals surface area (Å²) >= 11 is 0. The number of carboxylic acid groups (broad SMARTS) is 1. The molecule has 11 heteroatoms. The van der Waals surface area contributed by atoms with E-state index < -0.39 is 12.1 Å². The molecule has 1 saturated carbocycles. The number of halogens is 3. The second kappa shape index (κ2) is 9.39. The Hall–Kier alpha value is -2.40. The normalized spacial score (nSPS) is 19.0. The maximum Gasteiger partial charge on any atom is 0.490 e. The van der Waals surface area contributed by atoms with Crippen LogP contribution in [0.5, 0.6) is 0 Å². The molecule has 172 valence electrons. The Morgan fingerprint density at radius 1 is 1.32 bits per heavy atom. The highest BCUT2D eigenvalue weighted by Crippen LogP contribution is 2.33. The number of rotatable bonds is 6. The second-order valence-electron chi connectivity index (χ2n) is 8.00. The zero-order valence-electron chi connectivity index (χ0n) is 17.8. The van der Waals surface area contributed by atoms with Gasteiger partial charge in [0.1, 0.15) is 5.76 Å². The maximum absolute atomic E-state index is 10.6. The molecule has 8 nitrogen and oxygen atoms in total. The number of aliphatic carboxylic acids is 1. The van der Waals surface area contributed by atoms with Crippen LogP contribution in [0.1, 0.15) is 47.2 Å². The molecule has 3 heterocycles. The highest BCUT2D eigenvalue weighted by Gasteiger charge is 2.38. The van der Waals surface area contributed by atoms with E-state index in [0.717, 1.165) is 50.1 Å². The van der Waals surface area contributed by atoms with Gasteiger partial charge in [-0.2, -0.15) is 18.3 Å². The first kappa shape index (κ1) is 23.3. The van der Waals surface area contributed by atoms with Gasteiger partial charge in [0.15, 0.2) is 0 Å². The van der Waals surface area contributed by atoms with Gasteiger partial charge in [-0.05, 0) is 44.6 Å². The standard InChI is InChI=1S/C18H26N4O2.C2HF3O2/c1-12-16(13(2)24-20-12)9-22-7-6-15-8-19-21(3)18(15)17(22)11-23-10-14-4-5-14;3-2(4,5)1(6)7/h8,14,17H,4-7,9-11H2,1-3H3;(H,6,7). The number of aromatic nitrogens is 3. The molecule has 31 heavy (non-hydrogen) atoms. The minimum atomic E-state index is -5.08. The average Bonchev–Trinajstić information content (AvgIpc) is 3.37. The molecule has 1 unspecified atom stereocenters. The Bertz CT molecular complexity index is 885. The fourth-order valence-corrected chi connectivity index (χ4v) is 3.64. The number of nitrogens with zero attached hydrogens (tertiary/aromatic N) is 4. The summed E-state index contributed by atoms with van der Waals surface area (Å²) in [5.74, 6) is -1.05. The predicted octanol–water partition coefficient (Wildman–Crippen LogP) is 3.18. The van der Waals surface area contributed by atoms with E-state index in [2.05, 4.69) is 15.2 Å². The van der Waals surface area contributed by atoms with Crippen LogP contribution in [0.4, 0.5) is 13.2 Å². The minimum Gasteiger partial charge on any atom is -0.475 e. The first-order chi connectivity index (χ1) is 14.6. The molecule has 1 aliphatic carbocycles. The Balaban J connectivity index is 0.000000339. The van der Waals surface area contributed by atoms with Crippen LogP contribution in [0.25, 0.3) is 0 Å². The number of fused-ring (bicyclic) bond motifs is 1. The molecule has 0 aromatic carbocycles. The van der Waals surface area contributed by atoms with Crippen LogP contribution in [0, 0.1) is 19.8 Å². The van der Waals surface area contributed by atoms with E-state index in [1.807, 2.05) is 31.8 Å². The van der Waals surface area contributed by atoms with Crippen molar-refractivity contribution >= 4 is 5.97 Å². The van der Waals surface area contributed by atoms with Crippen LogP contribution >= 0.6 is 0 Å². The molecule has 0 amide bonds. The molecule has 2 aromatic rings. The van der Waals surface area contributed by atoms with Crippen molar-refractivity contribution in [3.8, 4) is 0 Å². The molecule has 2 aromatic heterocycles. The van der Waals surface area contributed by atoms with E-state index in [0.29, 0.717) is 0 Å². The number of aryl methyl sites for hydroxylation is 3. The molecule has 2 aliphatic rings. The van der Waals surface area contributed by atoms with Crippen LogP contribution in [-0.2, 0) is 29.5 Å². The number of ether oxygens (including phenoxy) is 1. The molecule has 0 spiro atoms. The van der Waals surface area contributed by atoms with E-state index >= 15 is 0 Å². The van der Waals surface area contributed by atoms with Gasteiger partial charge in [0.25, 0.3) is 0 Å². The summed E-state index contributed by atoms with van der Waals surface area (Å²) in [6.07, 6.45) is 0.608. The number of carboxylic acids is 1. The van der Waals surface area contributed by atoms with Gasteiger partial charge >= 0.3 is 12.1 Å². The average molecular weight is 444 g/mol. The maximum atomic E-state index is 10.6. The molecule has 1 aliphatic heterocycles.